The van der Waals surface area contributed by atoms with Crippen LogP contribution in [0.15, 0.2) is 18.5 Å². The zero-order chi connectivity index (χ0) is 12.4. The second kappa shape index (κ2) is 4.45. The van der Waals surface area contributed by atoms with Crippen molar-refractivity contribution in [1.82, 2.24) is 14.8 Å². The first-order valence-electron chi connectivity index (χ1n) is 5.52. The summed E-state index contributed by atoms with van der Waals surface area (Å²) in [7, 11) is 1.95. The molecule has 0 aliphatic heterocycles. The Labute approximate surface area is 101 Å². The number of nitrogens with zero attached hydrogens (tertiary/aromatic N) is 3. The lowest BCUT2D eigenvalue weighted by atomic mass is 10.2. The average molecular weight is 231 g/mol. The van der Waals surface area contributed by atoms with Gasteiger partial charge in [-0.05, 0) is 19.9 Å². The molecule has 90 valence electrons. The Balaban J connectivity index is 2.15. The number of nitrogen functional groups attached to an aromatic ring is 1. The number of hydrogen-bond donors (Lipinski definition) is 2. The smallest absolute Gasteiger partial charge is 0.0736 e. The highest BCUT2D eigenvalue weighted by Gasteiger charge is 2.09. The van der Waals surface area contributed by atoms with Crippen LogP contribution in [0.3, 0.4) is 0 Å². The van der Waals surface area contributed by atoms with E-state index < -0.39 is 0 Å². The van der Waals surface area contributed by atoms with Crippen molar-refractivity contribution >= 4 is 11.4 Å². The molecule has 0 unspecified atom stereocenters. The first-order valence-corrected chi connectivity index (χ1v) is 5.52. The van der Waals surface area contributed by atoms with Gasteiger partial charge in [-0.3, -0.25) is 9.67 Å². The Morgan fingerprint density at radius 2 is 2.18 bits per heavy atom. The number of anilines is 2. The normalized spacial score (nSPS) is 10.5. The summed E-state index contributed by atoms with van der Waals surface area (Å²) in [5.74, 6) is 0. The lowest BCUT2D eigenvalue weighted by Gasteiger charge is -2.08. The molecule has 0 bridgehead atoms. The summed E-state index contributed by atoms with van der Waals surface area (Å²) in [6.45, 7) is 4.80. The number of aromatic nitrogens is 3. The predicted molar refractivity (Wildman–Crippen MR) is 68.7 cm³/mol. The van der Waals surface area contributed by atoms with E-state index in [1.54, 1.807) is 12.4 Å². The lowest BCUT2D eigenvalue weighted by Crippen LogP contribution is -2.04. The molecule has 0 fully saturated rings. The molecule has 5 heteroatoms. The summed E-state index contributed by atoms with van der Waals surface area (Å²) in [5, 5.41) is 7.68. The Kier molecular flexibility index (Phi) is 2.99. The van der Waals surface area contributed by atoms with E-state index in [4.69, 9.17) is 5.73 Å². The van der Waals surface area contributed by atoms with E-state index in [9.17, 15) is 0 Å². The average Bonchev–Trinajstić information content (AvgIpc) is 2.53. The summed E-state index contributed by atoms with van der Waals surface area (Å²) < 4.78 is 1.89. The first-order chi connectivity index (χ1) is 8.09. The third-order valence-electron chi connectivity index (χ3n) is 2.97. The zero-order valence-electron chi connectivity index (χ0n) is 10.4. The summed E-state index contributed by atoms with van der Waals surface area (Å²) in [4.78, 5) is 3.96. The van der Waals surface area contributed by atoms with Gasteiger partial charge in [0.25, 0.3) is 0 Å². The van der Waals surface area contributed by atoms with Crippen molar-refractivity contribution in [2.24, 2.45) is 7.05 Å². The molecule has 2 heterocycles. The van der Waals surface area contributed by atoms with Crippen LogP contribution < -0.4 is 11.1 Å². The van der Waals surface area contributed by atoms with Crippen molar-refractivity contribution in [2.75, 3.05) is 11.1 Å². The molecule has 0 aliphatic carbocycles. The van der Waals surface area contributed by atoms with Crippen molar-refractivity contribution in [3.05, 3.63) is 35.4 Å². The quantitative estimate of drug-likeness (QED) is 0.842. The number of hydrogen-bond acceptors (Lipinski definition) is 4. The van der Waals surface area contributed by atoms with Gasteiger partial charge >= 0.3 is 0 Å². The number of pyridine rings is 1. The molecule has 3 N–H and O–H groups in total. The molecule has 0 aliphatic rings. The minimum Gasteiger partial charge on any atom is -0.396 e. The molecular weight excluding hydrogens is 214 g/mol. The van der Waals surface area contributed by atoms with E-state index in [1.807, 2.05) is 24.7 Å². The highest BCUT2D eigenvalue weighted by molar-refractivity contribution is 5.64. The fourth-order valence-corrected chi connectivity index (χ4v) is 1.82. The second-order valence-corrected chi connectivity index (χ2v) is 4.09. The van der Waals surface area contributed by atoms with Crippen LogP contribution in [0.4, 0.5) is 11.4 Å². The van der Waals surface area contributed by atoms with Crippen LogP contribution in [0.2, 0.25) is 0 Å². The van der Waals surface area contributed by atoms with Crippen molar-refractivity contribution in [3.63, 3.8) is 0 Å². The summed E-state index contributed by atoms with van der Waals surface area (Å²) in [6, 6.07) is 1.87. The largest absolute Gasteiger partial charge is 0.396 e. The first kappa shape index (κ1) is 11.4. The minimum atomic E-state index is 0.659. The van der Waals surface area contributed by atoms with Gasteiger partial charge in [0.05, 0.1) is 23.3 Å². The molecule has 2 aromatic heterocycles. The fourth-order valence-electron chi connectivity index (χ4n) is 1.82. The third kappa shape index (κ3) is 2.22. The van der Waals surface area contributed by atoms with Crippen LogP contribution in [-0.4, -0.2) is 14.8 Å². The fraction of sp³-hybridized carbons (Fsp3) is 0.333. The number of nitrogens with two attached hydrogens (primary N) is 1. The van der Waals surface area contributed by atoms with Gasteiger partial charge in [0, 0.05) is 31.0 Å². The monoisotopic (exact) mass is 231 g/mol. The summed E-state index contributed by atoms with van der Waals surface area (Å²) in [5.41, 5.74) is 10.8. The van der Waals surface area contributed by atoms with Crippen LogP contribution in [0.1, 0.15) is 17.0 Å². The standard InChI is InChI=1S/C12H17N5/c1-8-10(9(2)17(3)16-8)6-15-12-4-5-14-7-11(12)13/h4-5,7H,6,13H2,1-3H3,(H,14,15). The Morgan fingerprint density at radius 1 is 1.41 bits per heavy atom. The Hall–Kier alpha value is -2.04. The number of nitrogens with one attached hydrogen (secondary N) is 1. The van der Waals surface area contributed by atoms with Crippen molar-refractivity contribution in [1.29, 1.82) is 0 Å². The van der Waals surface area contributed by atoms with Crippen LogP contribution in [-0.2, 0) is 13.6 Å². The highest BCUT2D eigenvalue weighted by Crippen LogP contribution is 2.18. The number of rotatable bonds is 3. The van der Waals surface area contributed by atoms with E-state index >= 15 is 0 Å². The van der Waals surface area contributed by atoms with Gasteiger partial charge < -0.3 is 11.1 Å². The van der Waals surface area contributed by atoms with Crippen LogP contribution in [0.25, 0.3) is 0 Å². The molecule has 0 radical (unpaired) electrons. The van der Waals surface area contributed by atoms with Gasteiger partial charge in [-0.1, -0.05) is 0 Å². The maximum absolute atomic E-state index is 5.82. The van der Waals surface area contributed by atoms with Crippen molar-refractivity contribution in [3.8, 4) is 0 Å². The van der Waals surface area contributed by atoms with Crippen LogP contribution >= 0.6 is 0 Å². The lowest BCUT2D eigenvalue weighted by molar-refractivity contribution is 0.730. The Morgan fingerprint density at radius 3 is 2.76 bits per heavy atom. The van der Waals surface area contributed by atoms with E-state index in [2.05, 4.69) is 22.3 Å². The molecule has 0 aromatic carbocycles. The van der Waals surface area contributed by atoms with E-state index in [1.165, 1.54) is 11.3 Å². The predicted octanol–water partition coefficient (Wildman–Crippen LogP) is 1.63. The zero-order valence-corrected chi connectivity index (χ0v) is 10.4. The topological polar surface area (TPSA) is 68.8 Å². The molecule has 2 rings (SSSR count). The third-order valence-corrected chi connectivity index (χ3v) is 2.97. The molecule has 0 saturated carbocycles. The number of aryl methyl sites for hydroxylation is 2. The maximum Gasteiger partial charge on any atom is 0.0736 e. The molecule has 0 spiro atoms. The van der Waals surface area contributed by atoms with Gasteiger partial charge in [-0.25, -0.2) is 0 Å². The van der Waals surface area contributed by atoms with Crippen LogP contribution in [0, 0.1) is 13.8 Å². The van der Waals surface area contributed by atoms with Crippen molar-refractivity contribution in [2.45, 2.75) is 20.4 Å². The summed E-state index contributed by atoms with van der Waals surface area (Å²) >= 11 is 0. The molecular formula is C12H17N5. The van der Waals surface area contributed by atoms with Crippen LogP contribution in [0.5, 0.6) is 0 Å². The highest BCUT2D eigenvalue weighted by atomic mass is 15.3. The molecule has 17 heavy (non-hydrogen) atoms. The van der Waals surface area contributed by atoms with E-state index in [0.29, 0.717) is 5.69 Å². The van der Waals surface area contributed by atoms with Gasteiger partial charge in [0.2, 0.25) is 0 Å². The van der Waals surface area contributed by atoms with E-state index in [0.717, 1.165) is 17.9 Å². The Bertz CT molecular complexity index is 530. The molecule has 0 amide bonds. The minimum absolute atomic E-state index is 0.659. The van der Waals surface area contributed by atoms with Gasteiger partial charge in [0.1, 0.15) is 0 Å². The van der Waals surface area contributed by atoms with Gasteiger partial charge in [-0.2, -0.15) is 5.10 Å². The molecule has 5 nitrogen and oxygen atoms in total. The van der Waals surface area contributed by atoms with Gasteiger partial charge in [-0.15, -0.1) is 0 Å². The van der Waals surface area contributed by atoms with E-state index in [-0.39, 0.29) is 0 Å². The molecule has 0 saturated heterocycles. The molecule has 0 atom stereocenters. The summed E-state index contributed by atoms with van der Waals surface area (Å²) in [6.07, 6.45) is 3.37. The SMILES string of the molecule is Cc1nn(C)c(C)c1CNc1ccncc1N. The van der Waals surface area contributed by atoms with Crippen molar-refractivity contribution < 1.29 is 0 Å². The second-order valence-electron chi connectivity index (χ2n) is 4.09. The maximum atomic E-state index is 5.82. The molecule has 2 aromatic rings. The van der Waals surface area contributed by atoms with Gasteiger partial charge in [0.15, 0.2) is 0 Å².